The lowest BCUT2D eigenvalue weighted by molar-refractivity contribution is -0.140. The highest BCUT2D eigenvalue weighted by atomic mass is 16.6. The predicted octanol–water partition coefficient (Wildman–Crippen LogP) is 6.67. The maximum Gasteiger partial charge on any atom is 0.333 e. The van der Waals surface area contributed by atoms with Gasteiger partial charge in [-0.3, -0.25) is 0 Å². The fourth-order valence-electron chi connectivity index (χ4n) is 4.63. The molecule has 0 atom stereocenters. The molecule has 0 unspecified atom stereocenters. The third-order valence-electron chi connectivity index (χ3n) is 7.13. The predicted molar refractivity (Wildman–Crippen MR) is 183 cm³/mol. The van der Waals surface area contributed by atoms with E-state index in [1.54, 1.807) is 20.8 Å². The van der Waals surface area contributed by atoms with E-state index in [1.807, 2.05) is 18.2 Å². The van der Waals surface area contributed by atoms with E-state index in [0.717, 1.165) is 42.4 Å². The van der Waals surface area contributed by atoms with Gasteiger partial charge in [0.2, 0.25) is 0 Å². The van der Waals surface area contributed by atoms with Crippen LogP contribution in [0, 0.1) is 0 Å². The SMILES string of the molecule is C=C(C)C(=O)OCCOc1cc(-c2ccc(CCCCC)cc2)c(CCOC(=O)C(=C)C)c(OCCOC(=O)C(=C)C)c1CCCO. The molecular weight excluding hydrogens is 600 g/mol. The summed E-state index contributed by atoms with van der Waals surface area (Å²) in [6.07, 6.45) is 5.50. The molecule has 0 heterocycles. The molecule has 47 heavy (non-hydrogen) atoms. The van der Waals surface area contributed by atoms with Gasteiger partial charge < -0.3 is 28.8 Å². The highest BCUT2D eigenvalue weighted by molar-refractivity contribution is 5.87. The largest absolute Gasteiger partial charge is 0.490 e. The molecular formula is C38H50O9. The zero-order valence-corrected chi connectivity index (χ0v) is 28.4. The molecule has 2 rings (SSSR count). The number of benzene rings is 2. The Morgan fingerprint density at radius 3 is 1.74 bits per heavy atom. The average molecular weight is 651 g/mol. The number of carbonyl (C=O) groups excluding carboxylic acids is 3. The number of esters is 3. The minimum absolute atomic E-state index is 0.00141. The summed E-state index contributed by atoms with van der Waals surface area (Å²) in [5.74, 6) is -0.566. The molecule has 9 nitrogen and oxygen atoms in total. The van der Waals surface area contributed by atoms with E-state index >= 15 is 0 Å². The summed E-state index contributed by atoms with van der Waals surface area (Å²) in [5, 5.41) is 9.74. The van der Waals surface area contributed by atoms with Gasteiger partial charge in [-0.25, -0.2) is 14.4 Å². The van der Waals surface area contributed by atoms with Gasteiger partial charge in [0.05, 0.1) is 6.61 Å². The van der Waals surface area contributed by atoms with Gasteiger partial charge in [0, 0.05) is 40.9 Å². The van der Waals surface area contributed by atoms with Crippen LogP contribution in [0.15, 0.2) is 66.8 Å². The highest BCUT2D eigenvalue weighted by Gasteiger charge is 2.23. The van der Waals surface area contributed by atoms with E-state index in [0.29, 0.717) is 41.9 Å². The van der Waals surface area contributed by atoms with Gasteiger partial charge in [0.1, 0.15) is 37.9 Å². The summed E-state index contributed by atoms with van der Waals surface area (Å²) >= 11 is 0. The van der Waals surface area contributed by atoms with Crippen LogP contribution in [0.1, 0.15) is 70.1 Å². The van der Waals surface area contributed by atoms with E-state index in [1.165, 1.54) is 5.56 Å². The summed E-state index contributed by atoms with van der Waals surface area (Å²) in [4.78, 5) is 36.2. The zero-order valence-electron chi connectivity index (χ0n) is 28.4. The maximum absolute atomic E-state index is 12.2. The third-order valence-corrected chi connectivity index (χ3v) is 7.13. The van der Waals surface area contributed by atoms with Crippen LogP contribution < -0.4 is 9.47 Å². The minimum Gasteiger partial charge on any atom is -0.490 e. The Morgan fingerprint density at radius 2 is 1.21 bits per heavy atom. The lowest BCUT2D eigenvalue weighted by Gasteiger charge is -2.23. The smallest absolute Gasteiger partial charge is 0.333 e. The van der Waals surface area contributed by atoms with Gasteiger partial charge in [-0.05, 0) is 69.2 Å². The van der Waals surface area contributed by atoms with Crippen molar-refractivity contribution in [3.05, 3.63) is 83.5 Å². The van der Waals surface area contributed by atoms with Crippen LogP contribution in [0.4, 0.5) is 0 Å². The Balaban J connectivity index is 2.63. The molecule has 0 saturated heterocycles. The normalized spacial score (nSPS) is 10.6. The van der Waals surface area contributed by atoms with Gasteiger partial charge in [-0.15, -0.1) is 0 Å². The van der Waals surface area contributed by atoms with Crippen LogP contribution in [-0.4, -0.2) is 62.7 Å². The van der Waals surface area contributed by atoms with Crippen molar-refractivity contribution >= 4 is 17.9 Å². The Hall–Kier alpha value is -4.37. The number of aliphatic hydroxyl groups is 1. The van der Waals surface area contributed by atoms with Crippen molar-refractivity contribution in [2.24, 2.45) is 0 Å². The Morgan fingerprint density at radius 1 is 0.660 bits per heavy atom. The third kappa shape index (κ3) is 13.1. The molecule has 1 N–H and O–H groups in total. The zero-order chi connectivity index (χ0) is 34.8. The second-order valence-corrected chi connectivity index (χ2v) is 11.4. The fourth-order valence-corrected chi connectivity index (χ4v) is 4.63. The monoisotopic (exact) mass is 650 g/mol. The lowest BCUT2D eigenvalue weighted by atomic mass is 9.91. The maximum atomic E-state index is 12.2. The first-order valence-electron chi connectivity index (χ1n) is 16.1. The number of ether oxygens (including phenoxy) is 5. The first-order valence-corrected chi connectivity index (χ1v) is 16.1. The molecule has 9 heteroatoms. The van der Waals surface area contributed by atoms with Crippen molar-refractivity contribution in [1.29, 1.82) is 0 Å². The van der Waals surface area contributed by atoms with Crippen molar-refractivity contribution in [2.75, 3.05) is 39.6 Å². The first-order chi connectivity index (χ1) is 22.5. The van der Waals surface area contributed by atoms with E-state index in [2.05, 4.69) is 38.8 Å². The minimum atomic E-state index is -0.526. The van der Waals surface area contributed by atoms with Crippen molar-refractivity contribution in [3.63, 3.8) is 0 Å². The number of aliphatic hydroxyl groups excluding tert-OH is 1. The number of unbranched alkanes of at least 4 members (excludes halogenated alkanes) is 2. The highest BCUT2D eigenvalue weighted by Crippen LogP contribution is 2.41. The van der Waals surface area contributed by atoms with E-state index in [4.69, 9.17) is 23.7 Å². The molecule has 0 bridgehead atoms. The van der Waals surface area contributed by atoms with Gasteiger partial charge in [0.25, 0.3) is 0 Å². The number of rotatable bonds is 22. The van der Waals surface area contributed by atoms with Gasteiger partial charge in [-0.2, -0.15) is 0 Å². The molecule has 0 aliphatic heterocycles. The molecule has 0 fully saturated rings. The number of aryl methyl sites for hydroxylation is 1. The summed E-state index contributed by atoms with van der Waals surface area (Å²) in [6.45, 7) is 17.8. The molecule has 2 aromatic rings. The summed E-state index contributed by atoms with van der Waals surface area (Å²) in [5.41, 5.74) is 5.22. The number of carbonyl (C=O) groups is 3. The van der Waals surface area contributed by atoms with Gasteiger partial charge >= 0.3 is 17.9 Å². The van der Waals surface area contributed by atoms with Crippen molar-refractivity contribution in [1.82, 2.24) is 0 Å². The van der Waals surface area contributed by atoms with Crippen LogP contribution in [0.3, 0.4) is 0 Å². The molecule has 2 aromatic carbocycles. The van der Waals surface area contributed by atoms with Gasteiger partial charge in [-0.1, -0.05) is 63.8 Å². The lowest BCUT2D eigenvalue weighted by Crippen LogP contribution is -2.17. The van der Waals surface area contributed by atoms with Crippen molar-refractivity contribution in [2.45, 2.75) is 72.6 Å². The average Bonchev–Trinajstić information content (AvgIpc) is 3.04. The van der Waals surface area contributed by atoms with Crippen molar-refractivity contribution in [3.8, 4) is 22.6 Å². The van der Waals surface area contributed by atoms with Crippen LogP contribution in [0.25, 0.3) is 11.1 Å². The second kappa shape index (κ2) is 20.7. The summed E-state index contributed by atoms with van der Waals surface area (Å²) in [7, 11) is 0. The van der Waals surface area contributed by atoms with Gasteiger partial charge in [0.15, 0.2) is 0 Å². The number of hydrogen-bond acceptors (Lipinski definition) is 9. The molecule has 0 aliphatic rings. The topological polar surface area (TPSA) is 118 Å². The van der Waals surface area contributed by atoms with Crippen LogP contribution in [0.2, 0.25) is 0 Å². The molecule has 0 aromatic heterocycles. The Bertz CT molecular complexity index is 1390. The molecule has 256 valence electrons. The molecule has 0 radical (unpaired) electrons. The van der Waals surface area contributed by atoms with E-state index < -0.39 is 17.9 Å². The Labute approximate surface area is 279 Å². The van der Waals surface area contributed by atoms with Crippen molar-refractivity contribution < 1.29 is 43.2 Å². The second-order valence-electron chi connectivity index (χ2n) is 11.4. The molecule has 0 amide bonds. The molecule has 0 aliphatic carbocycles. The first kappa shape index (κ1) is 38.8. The fraction of sp³-hybridized carbons (Fsp3) is 0.447. The summed E-state index contributed by atoms with van der Waals surface area (Å²) in [6, 6.07) is 10.2. The van der Waals surface area contributed by atoms with E-state index in [-0.39, 0.29) is 50.8 Å². The number of hydrogen-bond donors (Lipinski definition) is 1. The van der Waals surface area contributed by atoms with Crippen LogP contribution >= 0.6 is 0 Å². The molecule has 0 spiro atoms. The quantitative estimate of drug-likeness (QED) is 0.0645. The van der Waals surface area contributed by atoms with Crippen LogP contribution in [0.5, 0.6) is 11.5 Å². The summed E-state index contributed by atoms with van der Waals surface area (Å²) < 4.78 is 28.5. The van der Waals surface area contributed by atoms with Crippen LogP contribution in [-0.2, 0) is 47.9 Å². The Kier molecular flexibility index (Phi) is 17.1. The van der Waals surface area contributed by atoms with E-state index in [9.17, 15) is 19.5 Å². The molecule has 0 saturated carbocycles. The standard InChI is InChI=1S/C38H50O9/c1-8-9-10-12-29-14-16-30(17-15-29)33-25-34(43-21-23-46-37(41)27(4)5)32(13-11-19-39)35(44-22-24-47-38(42)28(6)7)31(33)18-20-45-36(40)26(2)3/h14-17,25,39H,2,4,6,8-13,18-24H2,1,3,5,7H3.